The first-order valence-corrected chi connectivity index (χ1v) is 7.79. The van der Waals surface area contributed by atoms with Crippen molar-refractivity contribution in [3.63, 3.8) is 0 Å². The number of ether oxygens (including phenoxy) is 1. The molecule has 0 saturated heterocycles. The van der Waals surface area contributed by atoms with Gasteiger partial charge in [-0.1, -0.05) is 15.9 Å². The van der Waals surface area contributed by atoms with Crippen LogP contribution in [0.15, 0.2) is 51.6 Å². The molecule has 122 valence electrons. The van der Waals surface area contributed by atoms with Gasteiger partial charge in [0.2, 0.25) is 5.91 Å². The lowest BCUT2D eigenvalue weighted by atomic mass is 10.3. The standard InChI is InChI=1S/C16H17BrN2O4/c1-19(8-10-22-13-6-4-12(17)5-7-13)15(20)11-18-16(21)14-3-2-9-23-14/h2-7,9H,8,10-11H2,1H3,(H,18,21). The normalized spacial score (nSPS) is 10.2. The molecule has 2 rings (SSSR count). The Morgan fingerprint density at radius 1 is 1.26 bits per heavy atom. The number of carbonyl (C=O) groups is 2. The number of furan rings is 1. The molecule has 2 amide bonds. The SMILES string of the molecule is CN(CCOc1ccc(Br)cc1)C(=O)CNC(=O)c1ccco1. The van der Waals surface area contributed by atoms with Crippen LogP contribution in [0.5, 0.6) is 5.75 Å². The van der Waals surface area contributed by atoms with Gasteiger partial charge >= 0.3 is 0 Å². The number of nitrogens with zero attached hydrogens (tertiary/aromatic N) is 1. The first kappa shape index (κ1) is 17.1. The number of nitrogens with one attached hydrogen (secondary N) is 1. The van der Waals surface area contributed by atoms with Crippen LogP contribution in [-0.4, -0.2) is 43.5 Å². The molecule has 23 heavy (non-hydrogen) atoms. The van der Waals surface area contributed by atoms with Gasteiger partial charge in [-0.05, 0) is 36.4 Å². The second kappa shape index (κ2) is 8.38. The average molecular weight is 381 g/mol. The van der Waals surface area contributed by atoms with Crippen LogP contribution in [0.25, 0.3) is 0 Å². The van der Waals surface area contributed by atoms with E-state index in [9.17, 15) is 9.59 Å². The van der Waals surface area contributed by atoms with Gasteiger partial charge in [0.15, 0.2) is 5.76 Å². The van der Waals surface area contributed by atoms with Gasteiger partial charge < -0.3 is 19.4 Å². The van der Waals surface area contributed by atoms with E-state index in [0.29, 0.717) is 13.2 Å². The first-order chi connectivity index (χ1) is 11.1. The number of rotatable bonds is 7. The zero-order valence-electron chi connectivity index (χ0n) is 12.6. The van der Waals surface area contributed by atoms with Gasteiger partial charge in [-0.15, -0.1) is 0 Å². The second-order valence-corrected chi connectivity index (χ2v) is 5.69. The lowest BCUT2D eigenvalue weighted by molar-refractivity contribution is -0.129. The van der Waals surface area contributed by atoms with Crippen molar-refractivity contribution in [2.75, 3.05) is 26.7 Å². The minimum Gasteiger partial charge on any atom is -0.492 e. The maximum Gasteiger partial charge on any atom is 0.287 e. The lowest BCUT2D eigenvalue weighted by Gasteiger charge is -2.17. The number of amides is 2. The fourth-order valence-electron chi connectivity index (χ4n) is 1.74. The van der Waals surface area contributed by atoms with Crippen LogP contribution in [0, 0.1) is 0 Å². The second-order valence-electron chi connectivity index (χ2n) is 4.78. The summed E-state index contributed by atoms with van der Waals surface area (Å²) in [6.07, 6.45) is 1.41. The summed E-state index contributed by atoms with van der Waals surface area (Å²) >= 11 is 3.35. The molecule has 0 saturated carbocycles. The van der Waals surface area contributed by atoms with E-state index in [2.05, 4.69) is 21.2 Å². The monoisotopic (exact) mass is 380 g/mol. The molecule has 6 nitrogen and oxygen atoms in total. The van der Waals surface area contributed by atoms with Gasteiger partial charge in [0, 0.05) is 11.5 Å². The molecule has 1 heterocycles. The van der Waals surface area contributed by atoms with Crippen molar-refractivity contribution < 1.29 is 18.7 Å². The highest BCUT2D eigenvalue weighted by atomic mass is 79.9. The van der Waals surface area contributed by atoms with Crippen LogP contribution in [0.3, 0.4) is 0 Å². The fourth-order valence-corrected chi connectivity index (χ4v) is 2.01. The smallest absolute Gasteiger partial charge is 0.287 e. The average Bonchev–Trinajstić information content (AvgIpc) is 3.08. The quantitative estimate of drug-likeness (QED) is 0.799. The minimum atomic E-state index is -0.414. The molecule has 0 bridgehead atoms. The van der Waals surface area contributed by atoms with E-state index in [0.717, 1.165) is 10.2 Å². The van der Waals surface area contributed by atoms with E-state index < -0.39 is 5.91 Å². The highest BCUT2D eigenvalue weighted by molar-refractivity contribution is 9.10. The van der Waals surface area contributed by atoms with Crippen molar-refractivity contribution in [2.45, 2.75) is 0 Å². The van der Waals surface area contributed by atoms with Crippen LogP contribution in [0.2, 0.25) is 0 Å². The van der Waals surface area contributed by atoms with E-state index in [1.165, 1.54) is 17.2 Å². The Bertz CT molecular complexity index is 641. The van der Waals surface area contributed by atoms with Crippen molar-refractivity contribution in [2.24, 2.45) is 0 Å². The lowest BCUT2D eigenvalue weighted by Crippen LogP contribution is -2.39. The summed E-state index contributed by atoms with van der Waals surface area (Å²) in [5, 5.41) is 2.51. The summed E-state index contributed by atoms with van der Waals surface area (Å²) in [4.78, 5) is 25.1. The summed E-state index contributed by atoms with van der Waals surface area (Å²) < 4.78 is 11.5. The predicted molar refractivity (Wildman–Crippen MR) is 88.3 cm³/mol. The van der Waals surface area contributed by atoms with E-state index >= 15 is 0 Å². The third-order valence-electron chi connectivity index (χ3n) is 3.08. The zero-order valence-corrected chi connectivity index (χ0v) is 14.2. The van der Waals surface area contributed by atoms with Gasteiger partial charge in [0.1, 0.15) is 12.4 Å². The number of hydrogen-bond donors (Lipinski definition) is 1. The third kappa shape index (κ3) is 5.45. The maximum absolute atomic E-state index is 11.9. The van der Waals surface area contributed by atoms with Crippen molar-refractivity contribution in [3.05, 3.63) is 52.9 Å². The Labute approximate surface area is 142 Å². The first-order valence-electron chi connectivity index (χ1n) is 7.00. The third-order valence-corrected chi connectivity index (χ3v) is 3.61. The molecular weight excluding hydrogens is 364 g/mol. The van der Waals surface area contributed by atoms with Crippen LogP contribution in [-0.2, 0) is 4.79 Å². The Balaban J connectivity index is 1.68. The highest BCUT2D eigenvalue weighted by Crippen LogP contribution is 2.15. The summed E-state index contributed by atoms with van der Waals surface area (Å²) in [5.74, 6) is 0.298. The minimum absolute atomic E-state index is 0.0890. The molecule has 2 aromatic rings. The topological polar surface area (TPSA) is 71.8 Å². The molecule has 0 aliphatic carbocycles. The molecule has 1 aromatic heterocycles. The van der Waals surface area contributed by atoms with Gasteiger partial charge in [-0.3, -0.25) is 9.59 Å². The molecule has 0 aliphatic rings. The summed E-state index contributed by atoms with van der Waals surface area (Å²) in [6.45, 7) is 0.704. The predicted octanol–water partition coefficient (Wildman–Crippen LogP) is 2.31. The molecule has 0 fully saturated rings. The largest absolute Gasteiger partial charge is 0.492 e. The van der Waals surface area contributed by atoms with Gasteiger partial charge in [-0.2, -0.15) is 0 Å². The molecular formula is C16H17BrN2O4. The Kier molecular flexibility index (Phi) is 6.22. The number of hydrogen-bond acceptors (Lipinski definition) is 4. The van der Waals surface area contributed by atoms with Crippen LogP contribution in [0.1, 0.15) is 10.6 Å². The molecule has 0 unspecified atom stereocenters. The number of benzene rings is 1. The Morgan fingerprint density at radius 3 is 2.65 bits per heavy atom. The van der Waals surface area contributed by atoms with Crippen LogP contribution < -0.4 is 10.1 Å². The molecule has 0 atom stereocenters. The molecule has 1 N–H and O–H groups in total. The summed E-state index contributed by atoms with van der Waals surface area (Å²) in [6, 6.07) is 10.6. The van der Waals surface area contributed by atoms with Crippen molar-refractivity contribution in [1.82, 2.24) is 10.2 Å². The number of carbonyl (C=O) groups excluding carboxylic acids is 2. The molecule has 7 heteroatoms. The fraction of sp³-hybridized carbons (Fsp3) is 0.250. The highest BCUT2D eigenvalue weighted by Gasteiger charge is 2.13. The molecule has 0 aliphatic heterocycles. The van der Waals surface area contributed by atoms with Gasteiger partial charge in [-0.25, -0.2) is 0 Å². The number of likely N-dealkylation sites (N-methyl/N-ethyl adjacent to an activating group) is 1. The van der Waals surface area contributed by atoms with Crippen molar-refractivity contribution >= 4 is 27.7 Å². The van der Waals surface area contributed by atoms with E-state index in [1.54, 1.807) is 13.1 Å². The molecule has 1 aromatic carbocycles. The van der Waals surface area contributed by atoms with Crippen LogP contribution in [0.4, 0.5) is 0 Å². The van der Waals surface area contributed by atoms with Gasteiger partial charge in [0.25, 0.3) is 5.91 Å². The van der Waals surface area contributed by atoms with Crippen molar-refractivity contribution in [3.8, 4) is 5.75 Å². The Morgan fingerprint density at radius 2 is 2.00 bits per heavy atom. The molecule has 0 spiro atoms. The summed E-state index contributed by atoms with van der Waals surface area (Å²) in [5.41, 5.74) is 0. The Hall–Kier alpha value is -2.28. The summed E-state index contributed by atoms with van der Waals surface area (Å²) in [7, 11) is 1.66. The van der Waals surface area contributed by atoms with Crippen LogP contribution >= 0.6 is 15.9 Å². The van der Waals surface area contributed by atoms with E-state index in [-0.39, 0.29) is 18.2 Å². The van der Waals surface area contributed by atoms with E-state index in [4.69, 9.17) is 9.15 Å². The van der Waals surface area contributed by atoms with E-state index in [1.807, 2.05) is 24.3 Å². The zero-order chi connectivity index (χ0) is 16.7. The van der Waals surface area contributed by atoms with Gasteiger partial charge in [0.05, 0.1) is 19.4 Å². The van der Waals surface area contributed by atoms with Crippen molar-refractivity contribution in [1.29, 1.82) is 0 Å². The number of halogens is 1. The maximum atomic E-state index is 11.9. The molecule has 0 radical (unpaired) electrons.